The first-order valence-electron chi connectivity index (χ1n) is 7.65. The predicted octanol–water partition coefficient (Wildman–Crippen LogP) is 4.20. The summed E-state index contributed by atoms with van der Waals surface area (Å²) in [6.45, 7) is 8.41. The van der Waals surface area contributed by atoms with Gasteiger partial charge in [0.15, 0.2) is 0 Å². The van der Waals surface area contributed by atoms with Crippen LogP contribution in [0.25, 0.3) is 0 Å². The van der Waals surface area contributed by atoms with Gasteiger partial charge in [-0.15, -0.1) is 0 Å². The van der Waals surface area contributed by atoms with Gasteiger partial charge < -0.3 is 9.84 Å². The van der Waals surface area contributed by atoms with Gasteiger partial charge >= 0.3 is 5.97 Å². The molecule has 3 heteroatoms. The molecule has 0 aliphatic heterocycles. The Bertz CT molecular complexity index is 546. The van der Waals surface area contributed by atoms with Gasteiger partial charge in [0.05, 0.1) is 12.5 Å². The predicted molar refractivity (Wildman–Crippen MR) is 84.2 cm³/mol. The van der Waals surface area contributed by atoms with E-state index in [9.17, 15) is 9.90 Å². The first-order valence-corrected chi connectivity index (χ1v) is 7.65. The Labute approximate surface area is 127 Å². The van der Waals surface area contributed by atoms with Crippen molar-refractivity contribution in [3.63, 3.8) is 0 Å². The minimum Gasteiger partial charge on any atom is -0.496 e. The van der Waals surface area contributed by atoms with E-state index in [1.807, 2.05) is 13.0 Å². The van der Waals surface area contributed by atoms with Crippen molar-refractivity contribution >= 4 is 5.97 Å². The molecule has 1 aromatic rings. The van der Waals surface area contributed by atoms with Crippen LogP contribution < -0.4 is 4.74 Å². The van der Waals surface area contributed by atoms with Gasteiger partial charge in [0.1, 0.15) is 5.75 Å². The van der Waals surface area contributed by atoms with Gasteiger partial charge in [-0.3, -0.25) is 4.79 Å². The number of methoxy groups -OCH3 is 1. The smallest absolute Gasteiger partial charge is 0.314 e. The van der Waals surface area contributed by atoms with Crippen molar-refractivity contribution in [2.45, 2.75) is 64.2 Å². The Balaban J connectivity index is 2.66. The summed E-state index contributed by atoms with van der Waals surface area (Å²) in [7, 11) is 1.68. The molecule has 1 aromatic carbocycles. The molecule has 1 N–H and O–H groups in total. The van der Waals surface area contributed by atoms with Gasteiger partial charge in [-0.2, -0.15) is 0 Å². The number of aliphatic carboxylic acids is 1. The van der Waals surface area contributed by atoms with E-state index in [-0.39, 0.29) is 5.41 Å². The zero-order chi connectivity index (χ0) is 15.8. The van der Waals surface area contributed by atoms with E-state index >= 15 is 0 Å². The van der Waals surface area contributed by atoms with Crippen LogP contribution in [0, 0.1) is 6.92 Å². The molecule has 0 aromatic heterocycles. The molecule has 21 heavy (non-hydrogen) atoms. The molecule has 0 heterocycles. The maximum Gasteiger partial charge on any atom is 0.314 e. The number of carboxylic acids is 1. The van der Waals surface area contributed by atoms with E-state index in [0.29, 0.717) is 0 Å². The lowest BCUT2D eigenvalue weighted by Gasteiger charge is -2.30. The summed E-state index contributed by atoms with van der Waals surface area (Å²) in [5, 5.41) is 9.80. The standard InChI is InChI=1S/C18H26O3/c1-12-10-13(18(16(19)20)8-6-7-9-18)11-14(15(12)21-5)17(2,3)4/h10-11H,6-9H2,1-5H3,(H,19,20). The fourth-order valence-electron chi connectivity index (χ4n) is 3.48. The summed E-state index contributed by atoms with van der Waals surface area (Å²) < 4.78 is 5.57. The average molecular weight is 290 g/mol. The normalized spacial score (nSPS) is 17.8. The van der Waals surface area contributed by atoms with Crippen molar-refractivity contribution in [1.82, 2.24) is 0 Å². The Hall–Kier alpha value is -1.51. The summed E-state index contributed by atoms with van der Waals surface area (Å²) in [6, 6.07) is 4.07. The van der Waals surface area contributed by atoms with Crippen molar-refractivity contribution in [2.75, 3.05) is 7.11 Å². The highest BCUT2D eigenvalue weighted by atomic mass is 16.5. The Morgan fingerprint density at radius 2 is 1.81 bits per heavy atom. The summed E-state index contributed by atoms with van der Waals surface area (Å²) in [4.78, 5) is 11.9. The van der Waals surface area contributed by atoms with Crippen LogP contribution in [0.2, 0.25) is 0 Å². The molecule has 0 bridgehead atoms. The maximum atomic E-state index is 11.9. The van der Waals surface area contributed by atoms with Crippen molar-refractivity contribution in [2.24, 2.45) is 0 Å². The molecule has 0 atom stereocenters. The highest BCUT2D eigenvalue weighted by molar-refractivity contribution is 5.82. The van der Waals surface area contributed by atoms with E-state index in [4.69, 9.17) is 4.74 Å². The van der Waals surface area contributed by atoms with Crippen LogP contribution in [0.3, 0.4) is 0 Å². The topological polar surface area (TPSA) is 46.5 Å². The second-order valence-corrected chi connectivity index (χ2v) is 7.22. The first kappa shape index (κ1) is 15.9. The fourth-order valence-corrected chi connectivity index (χ4v) is 3.48. The van der Waals surface area contributed by atoms with Crippen LogP contribution in [0.1, 0.15) is 63.1 Å². The minimum atomic E-state index is -0.711. The van der Waals surface area contributed by atoms with E-state index in [2.05, 4.69) is 26.8 Å². The molecule has 1 aliphatic carbocycles. The van der Waals surface area contributed by atoms with E-state index in [0.717, 1.165) is 48.1 Å². The zero-order valence-corrected chi connectivity index (χ0v) is 13.7. The molecule has 0 spiro atoms. The van der Waals surface area contributed by atoms with Crippen LogP contribution in [-0.4, -0.2) is 18.2 Å². The summed E-state index contributed by atoms with van der Waals surface area (Å²) in [5.41, 5.74) is 2.26. The monoisotopic (exact) mass is 290 g/mol. The third-order valence-electron chi connectivity index (χ3n) is 4.71. The van der Waals surface area contributed by atoms with Gasteiger partial charge in [-0.05, 0) is 36.3 Å². The Kier molecular flexibility index (Phi) is 4.05. The van der Waals surface area contributed by atoms with E-state index < -0.39 is 11.4 Å². The molecule has 1 fully saturated rings. The molecular formula is C18H26O3. The van der Waals surface area contributed by atoms with Gasteiger partial charge in [0.2, 0.25) is 0 Å². The van der Waals surface area contributed by atoms with Crippen molar-refractivity contribution in [1.29, 1.82) is 0 Å². The van der Waals surface area contributed by atoms with Gasteiger partial charge in [0, 0.05) is 5.56 Å². The first-order chi connectivity index (χ1) is 9.72. The number of ether oxygens (including phenoxy) is 1. The van der Waals surface area contributed by atoms with Crippen LogP contribution in [0.5, 0.6) is 5.75 Å². The number of carbonyl (C=O) groups is 1. The number of benzene rings is 1. The number of aryl methyl sites for hydroxylation is 1. The molecule has 1 aliphatic rings. The highest BCUT2D eigenvalue weighted by Crippen LogP contribution is 2.45. The largest absolute Gasteiger partial charge is 0.496 e. The Morgan fingerprint density at radius 3 is 2.24 bits per heavy atom. The molecule has 2 rings (SSSR count). The quantitative estimate of drug-likeness (QED) is 0.907. The molecule has 116 valence electrons. The molecule has 1 saturated carbocycles. The molecule has 3 nitrogen and oxygen atoms in total. The lowest BCUT2D eigenvalue weighted by molar-refractivity contribution is -0.143. The van der Waals surface area contributed by atoms with Crippen molar-refractivity contribution in [3.05, 3.63) is 28.8 Å². The summed E-state index contributed by atoms with van der Waals surface area (Å²) >= 11 is 0. The lowest BCUT2D eigenvalue weighted by atomic mass is 9.75. The van der Waals surface area contributed by atoms with E-state index in [1.165, 1.54) is 0 Å². The van der Waals surface area contributed by atoms with Crippen molar-refractivity contribution < 1.29 is 14.6 Å². The van der Waals surface area contributed by atoms with Gasteiger partial charge in [-0.25, -0.2) is 0 Å². The third kappa shape index (κ3) is 2.66. The van der Waals surface area contributed by atoms with E-state index in [1.54, 1.807) is 7.11 Å². The summed E-state index contributed by atoms with van der Waals surface area (Å²) in [5.74, 6) is 0.189. The second-order valence-electron chi connectivity index (χ2n) is 7.22. The zero-order valence-electron chi connectivity index (χ0n) is 13.7. The number of hydrogen-bond acceptors (Lipinski definition) is 2. The van der Waals surface area contributed by atoms with Gasteiger partial charge in [0.25, 0.3) is 0 Å². The van der Waals surface area contributed by atoms with Crippen LogP contribution in [0.4, 0.5) is 0 Å². The third-order valence-corrected chi connectivity index (χ3v) is 4.71. The maximum absolute atomic E-state index is 11.9. The molecule has 0 saturated heterocycles. The molecule has 0 amide bonds. The number of hydrogen-bond donors (Lipinski definition) is 1. The molecular weight excluding hydrogens is 264 g/mol. The van der Waals surface area contributed by atoms with Crippen LogP contribution in [-0.2, 0) is 15.6 Å². The molecule has 0 radical (unpaired) electrons. The lowest BCUT2D eigenvalue weighted by Crippen LogP contribution is -2.33. The second kappa shape index (κ2) is 5.36. The minimum absolute atomic E-state index is 0.0790. The van der Waals surface area contributed by atoms with Crippen LogP contribution >= 0.6 is 0 Å². The highest BCUT2D eigenvalue weighted by Gasteiger charge is 2.43. The van der Waals surface area contributed by atoms with Crippen LogP contribution in [0.15, 0.2) is 12.1 Å². The number of carboxylic acid groups (broad SMARTS) is 1. The summed E-state index contributed by atoms with van der Waals surface area (Å²) in [6.07, 6.45) is 3.44. The van der Waals surface area contributed by atoms with Crippen molar-refractivity contribution in [3.8, 4) is 5.75 Å². The van der Waals surface area contributed by atoms with Gasteiger partial charge in [-0.1, -0.05) is 45.7 Å². The number of rotatable bonds is 3. The molecule has 0 unspecified atom stereocenters. The fraction of sp³-hybridized carbons (Fsp3) is 0.611. The Morgan fingerprint density at radius 1 is 1.24 bits per heavy atom. The SMILES string of the molecule is COc1c(C)cc(C2(C(=O)O)CCCC2)cc1C(C)(C)C. The average Bonchev–Trinajstić information content (AvgIpc) is 2.87.